The fourth-order valence-corrected chi connectivity index (χ4v) is 5.26. The zero-order valence-electron chi connectivity index (χ0n) is 18.9. The lowest BCUT2D eigenvalue weighted by molar-refractivity contribution is 0.0909. The van der Waals surface area contributed by atoms with Crippen LogP contribution in [0.5, 0.6) is 0 Å². The summed E-state index contributed by atoms with van der Waals surface area (Å²) in [6, 6.07) is 6.61. The maximum atomic E-state index is 12.5. The quantitative estimate of drug-likeness (QED) is 0.780. The lowest BCUT2D eigenvalue weighted by atomic mass is 9.72. The van der Waals surface area contributed by atoms with E-state index in [2.05, 4.69) is 47.4 Å². The number of piperidine rings is 1. The fraction of sp³-hybridized carbons (Fsp3) is 0.609. The number of aryl methyl sites for hydroxylation is 1. The van der Waals surface area contributed by atoms with Crippen LogP contribution in [0.15, 0.2) is 24.4 Å². The topological polar surface area (TPSA) is 57.5 Å². The van der Waals surface area contributed by atoms with E-state index in [1.54, 1.807) is 4.90 Å². The van der Waals surface area contributed by atoms with Crippen molar-refractivity contribution in [3.63, 3.8) is 0 Å². The van der Waals surface area contributed by atoms with Crippen LogP contribution in [0.3, 0.4) is 0 Å². The molecule has 0 aliphatic carbocycles. The number of imidazole rings is 1. The molecule has 162 valence electrons. The highest BCUT2D eigenvalue weighted by Gasteiger charge is 2.46. The molecule has 7 nitrogen and oxygen atoms in total. The van der Waals surface area contributed by atoms with E-state index in [0.29, 0.717) is 6.04 Å². The normalized spacial score (nSPS) is 18.7. The number of hydrogen-bond acceptors (Lipinski definition) is 4. The van der Waals surface area contributed by atoms with Crippen molar-refractivity contribution in [3.05, 3.63) is 47.3 Å². The average molecular weight is 411 g/mol. The van der Waals surface area contributed by atoms with E-state index in [4.69, 9.17) is 4.98 Å². The smallest absolute Gasteiger partial charge is 0.319 e. The Morgan fingerprint density at radius 1 is 1.23 bits per heavy atom. The summed E-state index contributed by atoms with van der Waals surface area (Å²) < 4.78 is 2.40. The van der Waals surface area contributed by atoms with Gasteiger partial charge in [0.25, 0.3) is 0 Å². The number of fused-ring (bicyclic) bond motifs is 2. The van der Waals surface area contributed by atoms with Crippen LogP contribution in [-0.4, -0.2) is 69.0 Å². The maximum Gasteiger partial charge on any atom is 0.319 e. The third-order valence-corrected chi connectivity index (χ3v) is 6.59. The van der Waals surface area contributed by atoms with Crippen LogP contribution in [-0.2, 0) is 18.5 Å². The molecule has 2 aliphatic rings. The Bertz CT molecular complexity index is 896. The highest BCUT2D eigenvalue weighted by atomic mass is 16.2. The van der Waals surface area contributed by atoms with Gasteiger partial charge >= 0.3 is 6.03 Å². The van der Waals surface area contributed by atoms with Crippen molar-refractivity contribution in [2.24, 2.45) is 0 Å². The second-order valence-corrected chi connectivity index (χ2v) is 9.33. The summed E-state index contributed by atoms with van der Waals surface area (Å²) in [6.07, 6.45) is 3.77. The van der Waals surface area contributed by atoms with E-state index in [0.717, 1.165) is 57.1 Å². The number of hydrogen-bond donors (Lipinski definition) is 0. The summed E-state index contributed by atoms with van der Waals surface area (Å²) in [4.78, 5) is 28.3. The highest BCUT2D eigenvalue weighted by molar-refractivity contribution is 5.74. The molecule has 2 aromatic rings. The first kappa shape index (κ1) is 20.8. The molecule has 0 N–H and O–H groups in total. The molecule has 1 fully saturated rings. The minimum Gasteiger partial charge on any atom is -0.331 e. The van der Waals surface area contributed by atoms with Gasteiger partial charge in [0.2, 0.25) is 0 Å². The summed E-state index contributed by atoms with van der Waals surface area (Å²) in [5, 5.41) is 0. The largest absolute Gasteiger partial charge is 0.331 e. The van der Waals surface area contributed by atoms with E-state index < -0.39 is 0 Å². The van der Waals surface area contributed by atoms with Gasteiger partial charge in [-0.15, -0.1) is 0 Å². The molecule has 0 bridgehead atoms. The molecule has 0 radical (unpaired) electrons. The van der Waals surface area contributed by atoms with Crippen LogP contribution < -0.4 is 0 Å². The standard InChI is InChI=1S/C23H34N6O/c1-17(2)29-18(3)25-21-20(29)15-27(14-19-8-6-7-11-24-19)16-23(21)9-12-28(13-10-23)22(30)26(4)5/h6-8,11,17H,9-10,12-16H2,1-5H3. The number of likely N-dealkylation sites (tertiary alicyclic amines) is 1. The third-order valence-electron chi connectivity index (χ3n) is 6.59. The van der Waals surface area contributed by atoms with E-state index in [9.17, 15) is 4.79 Å². The number of amides is 2. The second-order valence-electron chi connectivity index (χ2n) is 9.33. The molecule has 4 heterocycles. The number of urea groups is 1. The highest BCUT2D eigenvalue weighted by Crippen LogP contribution is 2.42. The molecule has 30 heavy (non-hydrogen) atoms. The van der Waals surface area contributed by atoms with E-state index in [1.165, 1.54) is 11.4 Å². The molecule has 2 aliphatic heterocycles. The Balaban J connectivity index is 1.66. The number of carbonyl (C=O) groups is 1. The van der Waals surface area contributed by atoms with Gasteiger partial charge in [0.05, 0.1) is 17.1 Å². The summed E-state index contributed by atoms with van der Waals surface area (Å²) in [7, 11) is 3.65. The first-order valence-electron chi connectivity index (χ1n) is 11.0. The van der Waals surface area contributed by atoms with Gasteiger partial charge in [-0.1, -0.05) is 6.07 Å². The lowest BCUT2D eigenvalue weighted by Crippen LogP contribution is -2.54. The van der Waals surface area contributed by atoms with Crippen molar-refractivity contribution < 1.29 is 4.79 Å². The number of nitrogens with zero attached hydrogens (tertiary/aromatic N) is 6. The Labute approximate surface area is 179 Å². The third kappa shape index (κ3) is 3.71. The minimum absolute atomic E-state index is 0.00361. The van der Waals surface area contributed by atoms with Gasteiger partial charge < -0.3 is 14.4 Å². The maximum absolute atomic E-state index is 12.5. The Morgan fingerprint density at radius 2 is 1.97 bits per heavy atom. The summed E-state index contributed by atoms with van der Waals surface area (Å²) >= 11 is 0. The van der Waals surface area contributed by atoms with Gasteiger partial charge in [-0.3, -0.25) is 9.88 Å². The Morgan fingerprint density at radius 3 is 2.57 bits per heavy atom. The summed E-state index contributed by atoms with van der Waals surface area (Å²) in [6.45, 7) is 10.9. The fourth-order valence-electron chi connectivity index (χ4n) is 5.26. The average Bonchev–Trinajstić information content (AvgIpc) is 3.06. The van der Waals surface area contributed by atoms with Gasteiger partial charge in [0.15, 0.2) is 0 Å². The molecule has 0 atom stereocenters. The predicted molar refractivity (Wildman–Crippen MR) is 117 cm³/mol. The van der Waals surface area contributed by atoms with Crippen molar-refractivity contribution >= 4 is 6.03 Å². The number of aromatic nitrogens is 3. The lowest BCUT2D eigenvalue weighted by Gasteiger charge is -2.47. The first-order chi connectivity index (χ1) is 14.3. The van der Waals surface area contributed by atoms with Crippen molar-refractivity contribution in [3.8, 4) is 0 Å². The van der Waals surface area contributed by atoms with Gasteiger partial charge in [-0.25, -0.2) is 9.78 Å². The molecule has 2 amide bonds. The van der Waals surface area contributed by atoms with Crippen LogP contribution >= 0.6 is 0 Å². The van der Waals surface area contributed by atoms with Crippen molar-refractivity contribution in [1.82, 2.24) is 29.2 Å². The van der Waals surface area contributed by atoms with Gasteiger partial charge in [-0.2, -0.15) is 0 Å². The molecule has 1 saturated heterocycles. The predicted octanol–water partition coefficient (Wildman–Crippen LogP) is 3.20. The van der Waals surface area contributed by atoms with Crippen molar-refractivity contribution in [1.29, 1.82) is 0 Å². The number of pyridine rings is 1. The molecule has 7 heteroatoms. The second kappa shape index (κ2) is 8.02. The van der Waals surface area contributed by atoms with Gasteiger partial charge in [0, 0.05) is 64.5 Å². The van der Waals surface area contributed by atoms with E-state index >= 15 is 0 Å². The van der Waals surface area contributed by atoms with Crippen LogP contribution in [0.2, 0.25) is 0 Å². The first-order valence-corrected chi connectivity index (χ1v) is 11.0. The van der Waals surface area contributed by atoms with E-state index in [-0.39, 0.29) is 11.4 Å². The van der Waals surface area contributed by atoms with Gasteiger partial charge in [0.1, 0.15) is 5.82 Å². The molecular formula is C23H34N6O. The SMILES string of the molecule is Cc1nc2c(n1C(C)C)CN(Cc1ccccn1)CC21CCN(C(=O)N(C)C)CC1. The Hall–Kier alpha value is -2.41. The van der Waals surface area contributed by atoms with Gasteiger partial charge in [-0.05, 0) is 45.7 Å². The zero-order chi connectivity index (χ0) is 21.5. The van der Waals surface area contributed by atoms with Crippen LogP contribution in [0.25, 0.3) is 0 Å². The van der Waals surface area contributed by atoms with Crippen molar-refractivity contribution in [2.75, 3.05) is 33.7 Å². The van der Waals surface area contributed by atoms with E-state index in [1.807, 2.05) is 31.3 Å². The monoisotopic (exact) mass is 410 g/mol. The summed E-state index contributed by atoms with van der Waals surface area (Å²) in [5.74, 6) is 1.10. The van der Waals surface area contributed by atoms with Crippen molar-refractivity contribution in [2.45, 2.75) is 58.2 Å². The molecule has 0 unspecified atom stereocenters. The van der Waals surface area contributed by atoms with Crippen LogP contribution in [0.4, 0.5) is 4.79 Å². The molecule has 0 saturated carbocycles. The van der Waals surface area contributed by atoms with Crippen LogP contribution in [0.1, 0.15) is 55.6 Å². The molecular weight excluding hydrogens is 376 g/mol. The molecule has 1 spiro atoms. The molecule has 2 aromatic heterocycles. The summed E-state index contributed by atoms with van der Waals surface area (Å²) in [5.41, 5.74) is 3.71. The minimum atomic E-state index is -0.00361. The molecule has 0 aromatic carbocycles. The zero-order valence-corrected chi connectivity index (χ0v) is 18.9. The van der Waals surface area contributed by atoms with Crippen LogP contribution in [0, 0.1) is 6.92 Å². The molecule has 4 rings (SSSR count). The number of rotatable bonds is 3. The Kier molecular flexibility index (Phi) is 5.57. The number of carbonyl (C=O) groups excluding carboxylic acids is 1.